The zero-order chi connectivity index (χ0) is 13.9. The number of hydrogen-bond acceptors (Lipinski definition) is 5. The predicted molar refractivity (Wildman–Crippen MR) is 67.6 cm³/mol. The van der Waals surface area contributed by atoms with Gasteiger partial charge in [0.2, 0.25) is 5.82 Å². The maximum absolute atomic E-state index is 12.7. The largest absolute Gasteiger partial charge is 0.451 e. The molecule has 1 fully saturated rings. The Morgan fingerprint density at radius 3 is 2.47 bits per heavy atom. The lowest BCUT2D eigenvalue weighted by molar-refractivity contribution is -0.145. The Bertz CT molecular complexity index is 432. The van der Waals surface area contributed by atoms with Crippen LogP contribution in [0.1, 0.15) is 37.9 Å². The van der Waals surface area contributed by atoms with Crippen LogP contribution in [0.25, 0.3) is 0 Å². The van der Waals surface area contributed by atoms with E-state index in [-0.39, 0.29) is 5.82 Å². The summed E-state index contributed by atoms with van der Waals surface area (Å²) in [6, 6.07) is 1.45. The maximum Gasteiger partial charge on any atom is 0.451 e. The minimum Gasteiger partial charge on any atom is -0.308 e. The van der Waals surface area contributed by atoms with Crippen LogP contribution in [0.15, 0.2) is 11.1 Å². The molecule has 1 saturated carbocycles. The average molecular weight is 292 g/mol. The van der Waals surface area contributed by atoms with Gasteiger partial charge in [-0.3, -0.25) is 0 Å². The summed E-state index contributed by atoms with van der Waals surface area (Å²) in [6.07, 6.45) is 0.912. The van der Waals surface area contributed by atoms with Crippen LogP contribution in [0.5, 0.6) is 0 Å². The highest BCUT2D eigenvalue weighted by molar-refractivity contribution is 7.99. The Kier molecular flexibility index (Phi) is 4.51. The van der Waals surface area contributed by atoms with Gasteiger partial charge in [-0.2, -0.15) is 13.2 Å². The van der Waals surface area contributed by atoms with Gasteiger partial charge in [-0.25, -0.2) is 15.8 Å². The quantitative estimate of drug-likeness (QED) is 0.509. The van der Waals surface area contributed by atoms with E-state index in [9.17, 15) is 13.2 Å². The third kappa shape index (κ3) is 3.97. The molecule has 1 aromatic rings. The first kappa shape index (κ1) is 14.4. The first-order valence-corrected chi connectivity index (χ1v) is 6.96. The van der Waals surface area contributed by atoms with Gasteiger partial charge in [-0.1, -0.05) is 19.3 Å². The van der Waals surface area contributed by atoms with Crippen molar-refractivity contribution in [1.29, 1.82) is 0 Å². The summed E-state index contributed by atoms with van der Waals surface area (Å²) in [5, 5.41) is 0.650. The molecule has 106 valence electrons. The van der Waals surface area contributed by atoms with Crippen molar-refractivity contribution in [2.75, 3.05) is 5.43 Å². The monoisotopic (exact) mass is 292 g/mol. The molecular formula is C11H15F3N4S. The number of nitrogen functional groups attached to an aromatic ring is 1. The SMILES string of the molecule is NNc1cc(SC2CCCCC2)nc(C(F)(F)F)n1. The van der Waals surface area contributed by atoms with E-state index < -0.39 is 12.0 Å². The number of aromatic nitrogens is 2. The number of alkyl halides is 3. The lowest BCUT2D eigenvalue weighted by atomic mass is 10.0. The molecule has 0 unspecified atom stereocenters. The highest BCUT2D eigenvalue weighted by atomic mass is 32.2. The van der Waals surface area contributed by atoms with Crippen molar-refractivity contribution >= 4 is 17.6 Å². The van der Waals surface area contributed by atoms with Gasteiger partial charge in [0, 0.05) is 11.3 Å². The molecule has 3 N–H and O–H groups in total. The molecular weight excluding hydrogens is 277 g/mol. The molecule has 0 spiro atoms. The number of rotatable bonds is 3. The Labute approximate surface area is 113 Å². The van der Waals surface area contributed by atoms with Crippen LogP contribution in [0.4, 0.5) is 19.0 Å². The summed E-state index contributed by atoms with van der Waals surface area (Å²) >= 11 is 1.38. The first-order chi connectivity index (χ1) is 8.99. The van der Waals surface area contributed by atoms with E-state index in [1.165, 1.54) is 24.2 Å². The van der Waals surface area contributed by atoms with E-state index in [0.29, 0.717) is 10.3 Å². The second kappa shape index (κ2) is 5.96. The number of nitrogens with one attached hydrogen (secondary N) is 1. The second-order valence-corrected chi connectivity index (χ2v) is 5.76. The third-order valence-corrected chi connectivity index (χ3v) is 4.20. The Balaban J connectivity index is 2.19. The number of nitrogens with zero attached hydrogens (tertiary/aromatic N) is 2. The van der Waals surface area contributed by atoms with Gasteiger partial charge in [-0.15, -0.1) is 11.8 Å². The van der Waals surface area contributed by atoms with E-state index >= 15 is 0 Å². The minimum absolute atomic E-state index is 0.0133. The van der Waals surface area contributed by atoms with E-state index in [1.54, 1.807) is 0 Å². The van der Waals surface area contributed by atoms with Crippen LogP contribution in [0.3, 0.4) is 0 Å². The summed E-state index contributed by atoms with van der Waals surface area (Å²) in [4.78, 5) is 6.91. The van der Waals surface area contributed by atoms with Gasteiger partial charge in [0.25, 0.3) is 0 Å². The molecule has 0 radical (unpaired) electrons. The molecule has 4 nitrogen and oxygen atoms in total. The van der Waals surface area contributed by atoms with Gasteiger partial charge in [0.05, 0.1) is 0 Å². The van der Waals surface area contributed by atoms with E-state index in [1.807, 2.05) is 0 Å². The highest BCUT2D eigenvalue weighted by Crippen LogP contribution is 2.35. The number of hydrogen-bond donors (Lipinski definition) is 2. The van der Waals surface area contributed by atoms with Gasteiger partial charge in [0.15, 0.2) is 0 Å². The Morgan fingerprint density at radius 1 is 1.21 bits per heavy atom. The maximum atomic E-state index is 12.7. The molecule has 2 rings (SSSR count). The van der Waals surface area contributed by atoms with Crippen molar-refractivity contribution in [2.45, 2.75) is 48.6 Å². The van der Waals surface area contributed by atoms with Crippen molar-refractivity contribution < 1.29 is 13.2 Å². The van der Waals surface area contributed by atoms with Gasteiger partial charge >= 0.3 is 6.18 Å². The highest BCUT2D eigenvalue weighted by Gasteiger charge is 2.35. The first-order valence-electron chi connectivity index (χ1n) is 6.08. The van der Waals surface area contributed by atoms with Crippen LogP contribution in [-0.2, 0) is 6.18 Å². The van der Waals surface area contributed by atoms with Crippen molar-refractivity contribution in [1.82, 2.24) is 9.97 Å². The van der Waals surface area contributed by atoms with Crippen molar-refractivity contribution in [3.8, 4) is 0 Å². The summed E-state index contributed by atoms with van der Waals surface area (Å²) in [5.41, 5.74) is 2.15. The molecule has 0 saturated heterocycles. The zero-order valence-corrected chi connectivity index (χ0v) is 11.0. The summed E-state index contributed by atoms with van der Waals surface area (Å²) in [7, 11) is 0. The molecule has 0 bridgehead atoms. The fourth-order valence-corrected chi connectivity index (χ4v) is 3.27. The van der Waals surface area contributed by atoms with Gasteiger partial charge < -0.3 is 5.43 Å². The third-order valence-electron chi connectivity index (χ3n) is 2.94. The van der Waals surface area contributed by atoms with Gasteiger partial charge in [0.1, 0.15) is 10.8 Å². The van der Waals surface area contributed by atoms with Gasteiger partial charge in [-0.05, 0) is 12.8 Å². The smallest absolute Gasteiger partial charge is 0.308 e. The number of nitrogens with two attached hydrogens (primary N) is 1. The van der Waals surface area contributed by atoms with Crippen molar-refractivity contribution in [3.05, 3.63) is 11.9 Å². The minimum atomic E-state index is -4.56. The number of thioether (sulfide) groups is 1. The molecule has 1 aliphatic rings. The Morgan fingerprint density at radius 2 is 1.89 bits per heavy atom. The lowest BCUT2D eigenvalue weighted by Gasteiger charge is -2.20. The number of hydrazine groups is 1. The lowest BCUT2D eigenvalue weighted by Crippen LogP contribution is -2.17. The molecule has 0 amide bonds. The average Bonchev–Trinajstić information content (AvgIpc) is 2.38. The summed E-state index contributed by atoms with van der Waals surface area (Å²) in [5.74, 6) is 3.98. The summed E-state index contributed by atoms with van der Waals surface area (Å²) < 4.78 is 38.0. The zero-order valence-electron chi connectivity index (χ0n) is 10.2. The van der Waals surface area contributed by atoms with Crippen LogP contribution in [0, 0.1) is 0 Å². The fraction of sp³-hybridized carbons (Fsp3) is 0.636. The van der Waals surface area contributed by atoms with E-state index in [4.69, 9.17) is 5.84 Å². The standard InChI is InChI=1S/C11H15F3N4S/c12-11(13,14)10-16-8(18-15)6-9(17-10)19-7-4-2-1-3-5-7/h6-7H,1-5,15H2,(H,16,17,18). The molecule has 0 aromatic carbocycles. The molecule has 1 aliphatic carbocycles. The second-order valence-electron chi connectivity index (χ2n) is 4.43. The predicted octanol–water partition coefficient (Wildman–Crippen LogP) is 3.21. The fourth-order valence-electron chi connectivity index (χ4n) is 2.04. The van der Waals surface area contributed by atoms with E-state index in [2.05, 4.69) is 15.4 Å². The van der Waals surface area contributed by atoms with Crippen molar-refractivity contribution in [3.63, 3.8) is 0 Å². The summed E-state index contributed by atoms with van der Waals surface area (Å²) in [6.45, 7) is 0. The molecule has 1 aromatic heterocycles. The van der Waals surface area contributed by atoms with Crippen LogP contribution in [-0.4, -0.2) is 15.2 Å². The number of halogens is 3. The molecule has 8 heteroatoms. The normalized spacial score (nSPS) is 17.5. The number of anilines is 1. The molecule has 0 aliphatic heterocycles. The molecule has 1 heterocycles. The Hall–Kier alpha value is -1.02. The van der Waals surface area contributed by atoms with Crippen LogP contribution >= 0.6 is 11.8 Å². The topological polar surface area (TPSA) is 63.8 Å². The molecule has 19 heavy (non-hydrogen) atoms. The van der Waals surface area contributed by atoms with E-state index in [0.717, 1.165) is 25.7 Å². The van der Waals surface area contributed by atoms with Crippen molar-refractivity contribution in [2.24, 2.45) is 5.84 Å². The molecule has 0 atom stereocenters. The van der Waals surface area contributed by atoms with Crippen LogP contribution < -0.4 is 11.3 Å². The van der Waals surface area contributed by atoms with Crippen LogP contribution in [0.2, 0.25) is 0 Å².